The van der Waals surface area contributed by atoms with Gasteiger partial charge >= 0.3 is 0 Å². The fourth-order valence-corrected chi connectivity index (χ4v) is 3.81. The Hall–Kier alpha value is -2.67. The molecule has 0 unspecified atom stereocenters. The molecule has 3 aromatic heterocycles. The molecule has 6 nitrogen and oxygen atoms in total. The van der Waals surface area contributed by atoms with Crippen LogP contribution in [0.2, 0.25) is 0 Å². The van der Waals surface area contributed by atoms with Crippen LogP contribution in [-0.4, -0.2) is 35.3 Å². The van der Waals surface area contributed by atoms with Crippen molar-refractivity contribution in [2.24, 2.45) is 0 Å². The van der Waals surface area contributed by atoms with Crippen LogP contribution < -0.4 is 0 Å². The third kappa shape index (κ3) is 3.77. The largest absolute Gasteiger partial charge is 0.273 e. The van der Waals surface area contributed by atoms with E-state index in [1.54, 1.807) is 18.1 Å². The molecule has 0 N–H and O–H groups in total. The zero-order valence-electron chi connectivity index (χ0n) is 14.4. The molecular weight excluding hydrogens is 344 g/mol. The number of unbranched alkanes of at least 4 members (excludes halogenated alkanes) is 2. The normalized spacial score (nSPS) is 11.2. The summed E-state index contributed by atoms with van der Waals surface area (Å²) in [5, 5.41) is 10.7. The van der Waals surface area contributed by atoms with Gasteiger partial charge in [0.15, 0.2) is 5.65 Å². The van der Waals surface area contributed by atoms with E-state index in [0.717, 1.165) is 46.9 Å². The molecule has 4 rings (SSSR count). The topological polar surface area (TPSA) is 61.4 Å². The molecule has 132 valence electrons. The molecule has 0 fully saturated rings. The van der Waals surface area contributed by atoms with Gasteiger partial charge in [0.1, 0.15) is 11.4 Å². The second-order valence-corrected chi connectivity index (χ2v) is 7.07. The molecule has 0 saturated carbocycles. The minimum atomic E-state index is 0.854. The average molecular weight is 364 g/mol. The first-order chi connectivity index (χ1) is 12.9. The van der Waals surface area contributed by atoms with Crippen LogP contribution in [0.15, 0.2) is 66.3 Å². The zero-order chi connectivity index (χ0) is 17.6. The van der Waals surface area contributed by atoms with E-state index in [-0.39, 0.29) is 0 Å². The van der Waals surface area contributed by atoms with Crippen LogP contribution in [0.25, 0.3) is 16.7 Å². The van der Waals surface area contributed by atoms with Gasteiger partial charge in [-0.05, 0) is 36.8 Å². The van der Waals surface area contributed by atoms with Gasteiger partial charge in [-0.2, -0.15) is 10.2 Å². The van der Waals surface area contributed by atoms with Crippen LogP contribution in [-0.2, 0) is 6.54 Å². The number of aryl methyl sites for hydroxylation is 1. The molecule has 0 saturated heterocycles. The Morgan fingerprint density at radius 1 is 0.923 bits per heavy atom. The zero-order valence-corrected chi connectivity index (χ0v) is 15.2. The molecule has 3 heterocycles. The van der Waals surface area contributed by atoms with Gasteiger partial charge in [0.25, 0.3) is 0 Å². The summed E-state index contributed by atoms with van der Waals surface area (Å²) in [6, 6.07) is 12.0. The first-order valence-corrected chi connectivity index (χ1v) is 9.75. The van der Waals surface area contributed by atoms with E-state index >= 15 is 0 Å². The van der Waals surface area contributed by atoms with Crippen LogP contribution in [0.3, 0.4) is 0 Å². The lowest BCUT2D eigenvalue weighted by molar-refractivity contribution is 0.554. The molecule has 0 radical (unpaired) electrons. The number of hydrogen-bond donors (Lipinski definition) is 0. The molecule has 0 spiro atoms. The third-order valence-electron chi connectivity index (χ3n) is 4.16. The molecule has 0 aliphatic carbocycles. The number of hydrogen-bond acceptors (Lipinski definition) is 5. The van der Waals surface area contributed by atoms with E-state index in [1.165, 1.54) is 6.42 Å². The van der Waals surface area contributed by atoms with Gasteiger partial charge in [0.05, 0.1) is 17.3 Å². The maximum atomic E-state index is 4.50. The first kappa shape index (κ1) is 16.8. The van der Waals surface area contributed by atoms with Crippen LogP contribution in [0, 0.1) is 0 Å². The summed E-state index contributed by atoms with van der Waals surface area (Å²) in [6.07, 6.45) is 10.8. The molecule has 4 aromatic rings. The Morgan fingerprint density at radius 2 is 1.85 bits per heavy atom. The minimum Gasteiger partial charge on any atom is -0.273 e. The molecule has 0 aliphatic rings. The number of rotatable bonds is 8. The maximum Gasteiger partial charge on any atom is 0.167 e. The number of fused-ring (bicyclic) bond motifs is 1. The number of nitrogens with zero attached hydrogens (tertiary/aromatic N) is 6. The highest BCUT2D eigenvalue weighted by molar-refractivity contribution is 7.99. The van der Waals surface area contributed by atoms with E-state index in [2.05, 4.69) is 20.2 Å². The summed E-state index contributed by atoms with van der Waals surface area (Å²) in [5.41, 5.74) is 1.86. The predicted molar refractivity (Wildman–Crippen MR) is 103 cm³/mol. The number of benzene rings is 1. The van der Waals surface area contributed by atoms with Crippen LogP contribution in [0.4, 0.5) is 0 Å². The number of thioether (sulfide) groups is 1. The number of aromatic nitrogens is 6. The van der Waals surface area contributed by atoms with Gasteiger partial charge in [0.2, 0.25) is 0 Å². The van der Waals surface area contributed by atoms with Crippen molar-refractivity contribution in [3.63, 3.8) is 0 Å². The summed E-state index contributed by atoms with van der Waals surface area (Å²) < 4.78 is 3.85. The van der Waals surface area contributed by atoms with Crippen LogP contribution in [0.5, 0.6) is 0 Å². The van der Waals surface area contributed by atoms with E-state index in [9.17, 15) is 0 Å². The molecule has 0 aliphatic heterocycles. The average Bonchev–Trinajstić information content (AvgIpc) is 3.35. The van der Waals surface area contributed by atoms with Crippen LogP contribution in [0.1, 0.15) is 19.3 Å². The monoisotopic (exact) mass is 364 g/mol. The summed E-state index contributed by atoms with van der Waals surface area (Å²) in [5.74, 6) is 1.04. The van der Waals surface area contributed by atoms with Crippen molar-refractivity contribution in [2.45, 2.75) is 30.8 Å². The summed E-state index contributed by atoms with van der Waals surface area (Å²) in [6.45, 7) is 0.985. The van der Waals surface area contributed by atoms with Gasteiger partial charge in [0, 0.05) is 18.9 Å². The Balaban J connectivity index is 1.36. The van der Waals surface area contributed by atoms with Crippen molar-refractivity contribution in [2.75, 3.05) is 5.75 Å². The summed E-state index contributed by atoms with van der Waals surface area (Å²) in [4.78, 5) is 8.89. The SMILES string of the molecule is c1ccc(-n2ncc3c(SCCCCCn4cccn4)ncnc32)cc1. The van der Waals surface area contributed by atoms with E-state index in [0.29, 0.717) is 0 Å². The number of para-hydroxylation sites is 1. The lowest BCUT2D eigenvalue weighted by Crippen LogP contribution is -1.98. The smallest absolute Gasteiger partial charge is 0.167 e. The van der Waals surface area contributed by atoms with Gasteiger partial charge in [-0.25, -0.2) is 14.6 Å². The highest BCUT2D eigenvalue weighted by Crippen LogP contribution is 2.26. The van der Waals surface area contributed by atoms with Crippen molar-refractivity contribution < 1.29 is 0 Å². The van der Waals surface area contributed by atoms with E-state index < -0.39 is 0 Å². The molecule has 1 aromatic carbocycles. The Morgan fingerprint density at radius 3 is 2.69 bits per heavy atom. The van der Waals surface area contributed by atoms with Gasteiger partial charge in [-0.3, -0.25) is 4.68 Å². The molecule has 26 heavy (non-hydrogen) atoms. The first-order valence-electron chi connectivity index (χ1n) is 8.76. The lowest BCUT2D eigenvalue weighted by atomic mass is 10.2. The second kappa shape index (κ2) is 8.14. The Kier molecular flexibility index (Phi) is 5.25. The quantitative estimate of drug-likeness (QED) is 0.269. The fraction of sp³-hybridized carbons (Fsp3) is 0.263. The summed E-state index contributed by atoms with van der Waals surface area (Å²) >= 11 is 1.78. The molecule has 0 amide bonds. The molecule has 0 bridgehead atoms. The van der Waals surface area contributed by atoms with Crippen molar-refractivity contribution in [1.82, 2.24) is 29.5 Å². The van der Waals surface area contributed by atoms with Crippen molar-refractivity contribution in [3.8, 4) is 5.69 Å². The predicted octanol–water partition coefficient (Wildman–Crippen LogP) is 3.97. The Labute approximate surface area is 156 Å². The van der Waals surface area contributed by atoms with Crippen molar-refractivity contribution in [1.29, 1.82) is 0 Å². The second-order valence-electron chi connectivity index (χ2n) is 5.99. The van der Waals surface area contributed by atoms with Crippen molar-refractivity contribution in [3.05, 3.63) is 61.3 Å². The molecule has 0 atom stereocenters. The summed E-state index contributed by atoms with van der Waals surface area (Å²) in [7, 11) is 0. The fourth-order valence-electron chi connectivity index (χ4n) is 2.85. The van der Waals surface area contributed by atoms with Crippen molar-refractivity contribution >= 4 is 22.8 Å². The lowest BCUT2D eigenvalue weighted by Gasteiger charge is -2.04. The molecular formula is C19H20N6S. The minimum absolute atomic E-state index is 0.854. The van der Waals surface area contributed by atoms with Gasteiger partial charge in [-0.15, -0.1) is 11.8 Å². The Bertz CT molecular complexity index is 949. The highest BCUT2D eigenvalue weighted by atomic mass is 32.2. The van der Waals surface area contributed by atoms with E-state index in [1.807, 2.05) is 64.4 Å². The van der Waals surface area contributed by atoms with Gasteiger partial charge < -0.3 is 0 Å². The third-order valence-corrected chi connectivity index (χ3v) is 5.25. The van der Waals surface area contributed by atoms with Crippen LogP contribution >= 0.6 is 11.8 Å². The highest BCUT2D eigenvalue weighted by Gasteiger charge is 2.11. The maximum absolute atomic E-state index is 4.50. The standard InChI is InChI=1S/C19H20N6S/c1-3-8-16(9-4-1)25-18-17(14-23-25)19(21-15-20-18)26-13-6-2-5-11-24-12-7-10-22-24/h1,3-4,7-10,12,14-15H,2,5-6,11,13H2. The molecule has 7 heteroatoms. The van der Waals surface area contributed by atoms with E-state index in [4.69, 9.17) is 0 Å². The van der Waals surface area contributed by atoms with Gasteiger partial charge in [-0.1, -0.05) is 24.6 Å².